The largest absolute Gasteiger partial charge is 0.385 e. The minimum Gasteiger partial charge on any atom is -0.385 e. The molecule has 0 aromatic heterocycles. The van der Waals surface area contributed by atoms with Crippen LogP contribution in [0.5, 0.6) is 0 Å². The van der Waals surface area contributed by atoms with Crippen molar-refractivity contribution in [2.75, 3.05) is 17.2 Å². The molecule has 0 bridgehead atoms. The summed E-state index contributed by atoms with van der Waals surface area (Å²) in [5, 5.41) is 6.24. The van der Waals surface area contributed by atoms with E-state index in [4.69, 9.17) is 0 Å². The Morgan fingerprint density at radius 1 is 1.05 bits per heavy atom. The molecule has 3 nitrogen and oxygen atoms in total. The standard InChI is InChI=1S/C18H22N2O/c1-13-6-4-8-16(12-13)19-11-10-18(21)20-17-9-5-7-14(2)15(17)3/h4-9,12,19H,10-11H2,1-3H3,(H,20,21). The van der Waals surface area contributed by atoms with Gasteiger partial charge < -0.3 is 10.6 Å². The number of aryl methyl sites for hydroxylation is 2. The normalized spacial score (nSPS) is 10.2. The fraction of sp³-hybridized carbons (Fsp3) is 0.278. The van der Waals surface area contributed by atoms with Crippen molar-refractivity contribution in [2.45, 2.75) is 27.2 Å². The van der Waals surface area contributed by atoms with Gasteiger partial charge in [0.25, 0.3) is 0 Å². The van der Waals surface area contributed by atoms with Crippen LogP contribution in [0.1, 0.15) is 23.1 Å². The molecule has 0 fully saturated rings. The number of carbonyl (C=O) groups is 1. The van der Waals surface area contributed by atoms with Gasteiger partial charge >= 0.3 is 0 Å². The van der Waals surface area contributed by atoms with Crippen molar-refractivity contribution >= 4 is 17.3 Å². The van der Waals surface area contributed by atoms with Gasteiger partial charge in [0.1, 0.15) is 0 Å². The molecule has 2 aromatic carbocycles. The third-order valence-corrected chi connectivity index (χ3v) is 3.58. The average Bonchev–Trinajstić information content (AvgIpc) is 2.44. The lowest BCUT2D eigenvalue weighted by Gasteiger charge is -2.11. The summed E-state index contributed by atoms with van der Waals surface area (Å²) in [7, 11) is 0. The van der Waals surface area contributed by atoms with E-state index in [1.54, 1.807) is 0 Å². The third kappa shape index (κ3) is 4.35. The van der Waals surface area contributed by atoms with Crippen molar-refractivity contribution in [1.82, 2.24) is 0 Å². The minimum absolute atomic E-state index is 0.0313. The Hall–Kier alpha value is -2.29. The summed E-state index contributed by atoms with van der Waals surface area (Å²) in [6.45, 7) is 6.75. The molecule has 0 saturated carbocycles. The summed E-state index contributed by atoms with van der Waals surface area (Å²) < 4.78 is 0. The number of benzene rings is 2. The number of anilines is 2. The molecule has 2 aromatic rings. The van der Waals surface area contributed by atoms with Gasteiger partial charge in [0.15, 0.2) is 0 Å². The van der Waals surface area contributed by atoms with E-state index in [1.165, 1.54) is 11.1 Å². The van der Waals surface area contributed by atoms with Crippen LogP contribution in [-0.4, -0.2) is 12.5 Å². The van der Waals surface area contributed by atoms with E-state index in [-0.39, 0.29) is 5.91 Å². The number of hydrogen-bond acceptors (Lipinski definition) is 2. The van der Waals surface area contributed by atoms with E-state index in [0.717, 1.165) is 16.9 Å². The van der Waals surface area contributed by atoms with Gasteiger partial charge in [-0.2, -0.15) is 0 Å². The van der Waals surface area contributed by atoms with Crippen LogP contribution in [0, 0.1) is 20.8 Å². The molecular weight excluding hydrogens is 260 g/mol. The van der Waals surface area contributed by atoms with Crippen molar-refractivity contribution in [3.63, 3.8) is 0 Å². The second-order valence-electron chi connectivity index (χ2n) is 5.34. The molecule has 1 amide bonds. The first kappa shape index (κ1) is 15.1. The maximum absolute atomic E-state index is 12.0. The molecule has 0 heterocycles. The number of rotatable bonds is 5. The Labute approximate surface area is 126 Å². The predicted molar refractivity (Wildman–Crippen MR) is 88.8 cm³/mol. The Bertz CT molecular complexity index is 635. The first-order valence-corrected chi connectivity index (χ1v) is 7.23. The summed E-state index contributed by atoms with van der Waals surface area (Å²) in [6.07, 6.45) is 0.446. The van der Waals surface area contributed by atoms with Crippen molar-refractivity contribution in [3.8, 4) is 0 Å². The molecule has 110 valence electrons. The molecule has 0 atom stereocenters. The molecule has 21 heavy (non-hydrogen) atoms. The van der Waals surface area contributed by atoms with Gasteiger partial charge in [-0.1, -0.05) is 24.3 Å². The van der Waals surface area contributed by atoms with Crippen LogP contribution < -0.4 is 10.6 Å². The maximum Gasteiger partial charge on any atom is 0.226 e. The number of hydrogen-bond donors (Lipinski definition) is 2. The summed E-state index contributed by atoms with van der Waals surface area (Å²) >= 11 is 0. The molecule has 0 radical (unpaired) electrons. The molecule has 2 N–H and O–H groups in total. The molecule has 0 aliphatic carbocycles. The van der Waals surface area contributed by atoms with Gasteiger partial charge in [-0.05, 0) is 55.7 Å². The van der Waals surface area contributed by atoms with Crippen LogP contribution in [0.2, 0.25) is 0 Å². The van der Waals surface area contributed by atoms with E-state index in [2.05, 4.69) is 29.7 Å². The summed E-state index contributed by atoms with van der Waals surface area (Å²) in [5.74, 6) is 0.0313. The Morgan fingerprint density at radius 3 is 2.57 bits per heavy atom. The van der Waals surface area contributed by atoms with Gasteiger partial charge in [-0.3, -0.25) is 4.79 Å². The van der Waals surface area contributed by atoms with Crippen LogP contribution in [0.15, 0.2) is 42.5 Å². The van der Waals surface area contributed by atoms with Crippen molar-refractivity contribution in [2.24, 2.45) is 0 Å². The molecule has 0 saturated heterocycles. The lowest BCUT2D eigenvalue weighted by atomic mass is 10.1. The van der Waals surface area contributed by atoms with E-state index in [9.17, 15) is 4.79 Å². The van der Waals surface area contributed by atoms with Gasteiger partial charge in [0, 0.05) is 24.3 Å². The highest BCUT2D eigenvalue weighted by Gasteiger charge is 2.05. The molecule has 0 spiro atoms. The number of nitrogens with one attached hydrogen (secondary N) is 2. The number of carbonyl (C=O) groups excluding carboxylic acids is 1. The molecular formula is C18H22N2O. The van der Waals surface area contributed by atoms with Crippen LogP contribution in [0.4, 0.5) is 11.4 Å². The first-order chi connectivity index (χ1) is 10.1. The zero-order valence-corrected chi connectivity index (χ0v) is 12.9. The molecule has 0 unspecified atom stereocenters. The van der Waals surface area contributed by atoms with E-state index in [1.807, 2.05) is 44.2 Å². The molecule has 2 rings (SSSR count). The quantitative estimate of drug-likeness (QED) is 0.868. The topological polar surface area (TPSA) is 41.1 Å². The van der Waals surface area contributed by atoms with Crippen LogP contribution >= 0.6 is 0 Å². The van der Waals surface area contributed by atoms with E-state index in [0.29, 0.717) is 13.0 Å². The van der Waals surface area contributed by atoms with Gasteiger partial charge in [0.05, 0.1) is 0 Å². The monoisotopic (exact) mass is 282 g/mol. The van der Waals surface area contributed by atoms with Crippen LogP contribution in [-0.2, 0) is 4.79 Å². The zero-order valence-electron chi connectivity index (χ0n) is 12.9. The lowest BCUT2D eigenvalue weighted by molar-refractivity contribution is -0.115. The van der Waals surface area contributed by atoms with Gasteiger partial charge in [-0.25, -0.2) is 0 Å². The lowest BCUT2D eigenvalue weighted by Crippen LogP contribution is -2.17. The molecule has 3 heteroatoms. The fourth-order valence-electron chi connectivity index (χ4n) is 2.17. The molecule has 0 aliphatic rings. The average molecular weight is 282 g/mol. The van der Waals surface area contributed by atoms with Crippen LogP contribution in [0.3, 0.4) is 0 Å². The van der Waals surface area contributed by atoms with Crippen LogP contribution in [0.25, 0.3) is 0 Å². The fourth-order valence-corrected chi connectivity index (χ4v) is 2.17. The summed E-state index contributed by atoms with van der Waals surface area (Å²) in [4.78, 5) is 12.0. The Balaban J connectivity index is 1.84. The van der Waals surface area contributed by atoms with E-state index < -0.39 is 0 Å². The first-order valence-electron chi connectivity index (χ1n) is 7.23. The highest BCUT2D eigenvalue weighted by molar-refractivity contribution is 5.91. The van der Waals surface area contributed by atoms with Gasteiger partial charge in [-0.15, -0.1) is 0 Å². The third-order valence-electron chi connectivity index (χ3n) is 3.58. The smallest absolute Gasteiger partial charge is 0.226 e. The van der Waals surface area contributed by atoms with Crippen molar-refractivity contribution in [1.29, 1.82) is 0 Å². The zero-order chi connectivity index (χ0) is 15.2. The minimum atomic E-state index is 0.0313. The SMILES string of the molecule is Cc1cccc(NCCC(=O)Nc2cccc(C)c2C)c1. The number of amides is 1. The predicted octanol–water partition coefficient (Wildman–Crippen LogP) is 4.05. The highest BCUT2D eigenvalue weighted by Crippen LogP contribution is 2.18. The Morgan fingerprint density at radius 2 is 1.81 bits per heavy atom. The van der Waals surface area contributed by atoms with Crippen molar-refractivity contribution < 1.29 is 4.79 Å². The Kier molecular flexibility index (Phi) is 4.99. The van der Waals surface area contributed by atoms with Gasteiger partial charge in [0.2, 0.25) is 5.91 Å². The molecule has 0 aliphatic heterocycles. The van der Waals surface area contributed by atoms with E-state index >= 15 is 0 Å². The second-order valence-corrected chi connectivity index (χ2v) is 5.34. The highest BCUT2D eigenvalue weighted by atomic mass is 16.1. The maximum atomic E-state index is 12.0. The van der Waals surface area contributed by atoms with Crippen molar-refractivity contribution in [3.05, 3.63) is 59.2 Å². The second kappa shape index (κ2) is 6.93. The summed E-state index contributed by atoms with van der Waals surface area (Å²) in [6, 6.07) is 14.1. The summed E-state index contributed by atoms with van der Waals surface area (Å²) in [5.41, 5.74) is 5.47.